The summed E-state index contributed by atoms with van der Waals surface area (Å²) in [5, 5.41) is 18.3. The van der Waals surface area contributed by atoms with Crippen LogP contribution in [-0.2, 0) is 10.2 Å². The van der Waals surface area contributed by atoms with E-state index in [4.69, 9.17) is 28.9 Å². The maximum atomic E-state index is 12.5. The van der Waals surface area contributed by atoms with E-state index in [-0.39, 0.29) is 23.1 Å². The monoisotopic (exact) mass is 419 g/mol. The highest BCUT2D eigenvalue weighted by molar-refractivity contribution is 6.42. The first-order valence-electron chi connectivity index (χ1n) is 8.70. The van der Waals surface area contributed by atoms with Gasteiger partial charge < -0.3 is 21.7 Å². The Bertz CT molecular complexity index is 927. The quantitative estimate of drug-likeness (QED) is 0.601. The Morgan fingerprint density at radius 1 is 1.29 bits per heavy atom. The van der Waals surface area contributed by atoms with Crippen LogP contribution in [0.5, 0.6) is 0 Å². The predicted octanol–water partition coefficient (Wildman–Crippen LogP) is 2.81. The van der Waals surface area contributed by atoms with Crippen molar-refractivity contribution in [2.45, 2.75) is 37.1 Å². The van der Waals surface area contributed by atoms with Crippen LogP contribution in [0.25, 0.3) is 0 Å². The number of benzene rings is 1. The maximum Gasteiger partial charge on any atom is 0.323 e. The van der Waals surface area contributed by atoms with E-state index in [1.165, 1.54) is 0 Å². The number of rotatable bonds is 3. The van der Waals surface area contributed by atoms with Crippen molar-refractivity contribution in [3.63, 3.8) is 0 Å². The van der Waals surface area contributed by atoms with Gasteiger partial charge in [0.25, 0.3) is 5.91 Å². The molecule has 0 aromatic heterocycles. The number of amides is 3. The third-order valence-electron chi connectivity index (χ3n) is 5.19. The smallest absolute Gasteiger partial charge is 0.323 e. The summed E-state index contributed by atoms with van der Waals surface area (Å²) in [6.07, 6.45) is 2.31. The molecule has 0 bridgehead atoms. The molecule has 0 atom stereocenters. The standard InChI is InChI=1S/C19H19Cl2N5O2/c1-10-15(23)16(26-18(28)24-10)17(27)25-12-4-6-19(9-22,7-5-12)11-2-3-13(20)14(21)8-11/h2-3,8,12H,1,4-7,23H2,(H,25,27)(H2,24,26,28). The van der Waals surface area contributed by atoms with E-state index in [1.54, 1.807) is 12.1 Å². The Balaban J connectivity index is 1.69. The van der Waals surface area contributed by atoms with E-state index in [9.17, 15) is 14.9 Å². The number of hydrogen-bond donors (Lipinski definition) is 4. The molecular weight excluding hydrogens is 401 g/mol. The summed E-state index contributed by atoms with van der Waals surface area (Å²) >= 11 is 12.1. The van der Waals surface area contributed by atoms with E-state index >= 15 is 0 Å². The minimum absolute atomic E-state index is 0.0182. The molecule has 0 spiro atoms. The Kier molecular flexibility index (Phi) is 5.54. The molecule has 3 rings (SSSR count). The third-order valence-corrected chi connectivity index (χ3v) is 5.92. The van der Waals surface area contributed by atoms with Crippen LogP contribution < -0.4 is 21.7 Å². The number of nitrogens with two attached hydrogens (primary N) is 1. The van der Waals surface area contributed by atoms with Crippen LogP contribution in [0.2, 0.25) is 10.0 Å². The predicted molar refractivity (Wildman–Crippen MR) is 106 cm³/mol. The first-order chi connectivity index (χ1) is 13.3. The highest BCUT2D eigenvalue weighted by Crippen LogP contribution is 2.40. The van der Waals surface area contributed by atoms with Crippen molar-refractivity contribution in [1.82, 2.24) is 16.0 Å². The zero-order valence-electron chi connectivity index (χ0n) is 14.9. The summed E-state index contributed by atoms with van der Waals surface area (Å²) in [5.41, 5.74) is 6.24. The van der Waals surface area contributed by atoms with E-state index < -0.39 is 17.4 Å². The Labute approximate surface area is 172 Å². The molecule has 0 radical (unpaired) electrons. The first kappa shape index (κ1) is 20.1. The van der Waals surface area contributed by atoms with Crippen molar-refractivity contribution in [2.24, 2.45) is 5.73 Å². The van der Waals surface area contributed by atoms with Crippen molar-refractivity contribution in [3.05, 3.63) is 57.5 Å². The number of carbonyl (C=O) groups is 2. The molecule has 1 aliphatic heterocycles. The molecule has 0 unspecified atom stereocenters. The second-order valence-corrected chi connectivity index (χ2v) is 7.73. The van der Waals surface area contributed by atoms with Crippen molar-refractivity contribution in [3.8, 4) is 6.07 Å². The van der Waals surface area contributed by atoms with Crippen molar-refractivity contribution < 1.29 is 9.59 Å². The SMILES string of the molecule is C=C1NC(=O)NC(C(=O)NC2CCC(C#N)(c3ccc(Cl)c(Cl)c3)CC2)=C1N. The average molecular weight is 420 g/mol. The summed E-state index contributed by atoms with van der Waals surface area (Å²) in [6.45, 7) is 3.61. The highest BCUT2D eigenvalue weighted by atomic mass is 35.5. The van der Waals surface area contributed by atoms with Crippen LogP contribution in [0, 0.1) is 11.3 Å². The molecular formula is C19H19Cl2N5O2. The van der Waals surface area contributed by atoms with Gasteiger partial charge in [0.15, 0.2) is 0 Å². The van der Waals surface area contributed by atoms with E-state index in [1.807, 2.05) is 6.07 Å². The van der Waals surface area contributed by atoms with Crippen molar-refractivity contribution in [1.29, 1.82) is 5.26 Å². The van der Waals surface area contributed by atoms with Crippen LogP contribution in [0.1, 0.15) is 31.2 Å². The molecule has 2 aliphatic rings. The second kappa shape index (κ2) is 7.74. The Morgan fingerprint density at radius 2 is 1.96 bits per heavy atom. The van der Waals surface area contributed by atoms with Gasteiger partial charge in [0.1, 0.15) is 5.70 Å². The number of hydrogen-bond acceptors (Lipinski definition) is 4. The average Bonchev–Trinajstić information content (AvgIpc) is 2.67. The molecule has 5 N–H and O–H groups in total. The summed E-state index contributed by atoms with van der Waals surface area (Å²) in [6, 6.07) is 6.95. The topological polar surface area (TPSA) is 120 Å². The lowest BCUT2D eigenvalue weighted by Gasteiger charge is -2.36. The van der Waals surface area contributed by atoms with Gasteiger partial charge in [-0.1, -0.05) is 35.8 Å². The van der Waals surface area contributed by atoms with Gasteiger partial charge in [-0.15, -0.1) is 0 Å². The fraction of sp³-hybridized carbons (Fsp3) is 0.316. The normalized spacial score (nSPS) is 24.8. The van der Waals surface area contributed by atoms with Gasteiger partial charge >= 0.3 is 6.03 Å². The van der Waals surface area contributed by atoms with Crippen LogP contribution in [-0.4, -0.2) is 18.0 Å². The van der Waals surface area contributed by atoms with Crippen molar-refractivity contribution >= 4 is 35.1 Å². The first-order valence-corrected chi connectivity index (χ1v) is 9.46. The van der Waals surface area contributed by atoms with E-state index in [2.05, 4.69) is 28.6 Å². The largest absolute Gasteiger partial charge is 0.395 e. The molecule has 9 heteroatoms. The molecule has 1 heterocycles. The third kappa shape index (κ3) is 3.79. The zero-order valence-corrected chi connectivity index (χ0v) is 16.5. The van der Waals surface area contributed by atoms with Crippen LogP contribution in [0.3, 0.4) is 0 Å². The number of urea groups is 1. The van der Waals surface area contributed by atoms with Gasteiger partial charge in [-0.2, -0.15) is 5.26 Å². The molecule has 1 aliphatic carbocycles. The number of halogens is 2. The van der Waals surface area contributed by atoms with Crippen LogP contribution in [0.4, 0.5) is 4.79 Å². The second-order valence-electron chi connectivity index (χ2n) is 6.92. The van der Waals surface area contributed by atoms with Gasteiger partial charge in [0, 0.05) is 6.04 Å². The fourth-order valence-electron chi connectivity index (χ4n) is 3.52. The highest BCUT2D eigenvalue weighted by Gasteiger charge is 2.38. The van der Waals surface area contributed by atoms with Crippen LogP contribution >= 0.6 is 23.2 Å². The van der Waals surface area contributed by atoms with E-state index in [0.717, 1.165) is 5.56 Å². The molecule has 1 fully saturated rings. The number of nitrogens with zero attached hydrogens (tertiary/aromatic N) is 1. The molecule has 7 nitrogen and oxygen atoms in total. The van der Waals surface area contributed by atoms with Gasteiger partial charge in [-0.05, 0) is 43.4 Å². The molecule has 146 valence electrons. The van der Waals surface area contributed by atoms with Crippen molar-refractivity contribution in [2.75, 3.05) is 0 Å². The zero-order chi connectivity index (χ0) is 20.5. The summed E-state index contributed by atoms with van der Waals surface area (Å²) in [7, 11) is 0. The lowest BCUT2D eigenvalue weighted by molar-refractivity contribution is -0.118. The summed E-state index contributed by atoms with van der Waals surface area (Å²) in [4.78, 5) is 24.1. The molecule has 1 saturated carbocycles. The Hall–Kier alpha value is -2.69. The minimum atomic E-state index is -0.676. The molecule has 3 amide bonds. The molecule has 28 heavy (non-hydrogen) atoms. The van der Waals surface area contributed by atoms with Gasteiger partial charge in [0.05, 0.1) is 32.9 Å². The number of nitrogens with one attached hydrogen (secondary N) is 3. The molecule has 1 aromatic carbocycles. The lowest BCUT2D eigenvalue weighted by Crippen LogP contribution is -2.49. The molecule has 0 saturated heterocycles. The Morgan fingerprint density at radius 3 is 2.57 bits per heavy atom. The fourth-order valence-corrected chi connectivity index (χ4v) is 3.82. The molecule has 1 aromatic rings. The lowest BCUT2D eigenvalue weighted by atomic mass is 9.69. The van der Waals surface area contributed by atoms with Gasteiger partial charge in [-0.25, -0.2) is 4.79 Å². The van der Waals surface area contributed by atoms with Crippen LogP contribution in [0.15, 0.2) is 41.9 Å². The maximum absolute atomic E-state index is 12.5. The van der Waals surface area contributed by atoms with Gasteiger partial charge in [0.2, 0.25) is 0 Å². The summed E-state index contributed by atoms with van der Waals surface area (Å²) < 4.78 is 0. The number of nitriles is 1. The van der Waals surface area contributed by atoms with Gasteiger partial charge in [-0.3, -0.25) is 4.79 Å². The number of carbonyl (C=O) groups excluding carboxylic acids is 2. The van der Waals surface area contributed by atoms with E-state index in [0.29, 0.717) is 35.7 Å². The minimum Gasteiger partial charge on any atom is -0.395 e. The summed E-state index contributed by atoms with van der Waals surface area (Å²) in [5.74, 6) is -0.475.